The van der Waals surface area contributed by atoms with E-state index in [0.717, 1.165) is 18.4 Å². The van der Waals surface area contributed by atoms with Crippen molar-refractivity contribution in [2.24, 2.45) is 18.9 Å². The molecule has 1 aromatic rings. The lowest BCUT2D eigenvalue weighted by Gasteiger charge is -2.23. The van der Waals surface area contributed by atoms with E-state index in [1.165, 1.54) is 25.2 Å². The van der Waals surface area contributed by atoms with Gasteiger partial charge < -0.3 is 5.32 Å². The Hall–Kier alpha value is -0.870. The summed E-state index contributed by atoms with van der Waals surface area (Å²) in [5.74, 6) is 1.73. The molecule has 0 saturated carbocycles. The second-order valence-corrected chi connectivity index (χ2v) is 5.27. The summed E-state index contributed by atoms with van der Waals surface area (Å²) in [6.07, 6.45) is 4.11. The number of nitrogens with zero attached hydrogens (tertiary/aromatic N) is 3. The minimum absolute atomic E-state index is 0.709. The fraction of sp³-hybridized carbons (Fsp3) is 0.750. The normalized spacial score (nSPS) is 34.5. The smallest absolute Gasteiger partial charge is 0.0534 e. The Morgan fingerprint density at radius 2 is 2.38 bits per heavy atom. The first-order valence-corrected chi connectivity index (χ1v) is 6.16. The first-order chi connectivity index (χ1) is 7.74. The number of hydrogen-bond acceptors (Lipinski definition) is 3. The fourth-order valence-electron chi connectivity index (χ4n) is 3.25. The van der Waals surface area contributed by atoms with Gasteiger partial charge in [-0.15, -0.1) is 0 Å². The molecule has 3 rings (SSSR count). The van der Waals surface area contributed by atoms with Crippen LogP contribution in [0.4, 0.5) is 0 Å². The van der Waals surface area contributed by atoms with E-state index in [4.69, 9.17) is 0 Å². The van der Waals surface area contributed by atoms with Crippen LogP contribution in [0.15, 0.2) is 12.4 Å². The SMILES string of the molecule is CC1C2CNCC2CN1Cc1cnn(C)c1. The van der Waals surface area contributed by atoms with Crippen molar-refractivity contribution < 1.29 is 0 Å². The van der Waals surface area contributed by atoms with Crippen molar-refractivity contribution in [2.45, 2.75) is 19.5 Å². The highest BCUT2D eigenvalue weighted by molar-refractivity contribution is 5.06. The molecule has 88 valence electrons. The predicted octanol–water partition coefficient (Wildman–Crippen LogP) is 0.460. The molecule has 0 amide bonds. The summed E-state index contributed by atoms with van der Waals surface area (Å²) >= 11 is 0. The van der Waals surface area contributed by atoms with Crippen LogP contribution < -0.4 is 5.32 Å². The van der Waals surface area contributed by atoms with Crippen molar-refractivity contribution in [3.8, 4) is 0 Å². The third-order valence-corrected chi connectivity index (χ3v) is 4.20. The predicted molar refractivity (Wildman–Crippen MR) is 62.9 cm³/mol. The Morgan fingerprint density at radius 1 is 1.50 bits per heavy atom. The molecule has 3 heterocycles. The molecule has 2 aliphatic heterocycles. The third-order valence-electron chi connectivity index (χ3n) is 4.20. The molecule has 16 heavy (non-hydrogen) atoms. The second-order valence-electron chi connectivity index (χ2n) is 5.27. The second kappa shape index (κ2) is 3.86. The van der Waals surface area contributed by atoms with Crippen molar-refractivity contribution in [1.29, 1.82) is 0 Å². The Balaban J connectivity index is 1.68. The van der Waals surface area contributed by atoms with Gasteiger partial charge >= 0.3 is 0 Å². The van der Waals surface area contributed by atoms with Crippen LogP contribution in [-0.2, 0) is 13.6 Å². The minimum Gasteiger partial charge on any atom is -0.316 e. The van der Waals surface area contributed by atoms with Gasteiger partial charge in [-0.25, -0.2) is 0 Å². The van der Waals surface area contributed by atoms with E-state index in [1.807, 2.05) is 17.9 Å². The number of fused-ring (bicyclic) bond motifs is 1. The Labute approximate surface area is 96.6 Å². The summed E-state index contributed by atoms with van der Waals surface area (Å²) in [5.41, 5.74) is 1.34. The highest BCUT2D eigenvalue weighted by atomic mass is 15.3. The lowest BCUT2D eigenvalue weighted by molar-refractivity contribution is 0.231. The summed E-state index contributed by atoms with van der Waals surface area (Å²) in [6, 6.07) is 0.709. The molecule has 2 saturated heterocycles. The van der Waals surface area contributed by atoms with Crippen LogP contribution in [0, 0.1) is 11.8 Å². The van der Waals surface area contributed by atoms with Crippen molar-refractivity contribution in [3.63, 3.8) is 0 Å². The quantitative estimate of drug-likeness (QED) is 0.786. The van der Waals surface area contributed by atoms with Gasteiger partial charge in [-0.3, -0.25) is 9.58 Å². The zero-order valence-corrected chi connectivity index (χ0v) is 10.1. The topological polar surface area (TPSA) is 33.1 Å². The van der Waals surface area contributed by atoms with E-state index < -0.39 is 0 Å². The largest absolute Gasteiger partial charge is 0.316 e. The molecule has 3 unspecified atom stereocenters. The summed E-state index contributed by atoms with van der Waals surface area (Å²) in [6.45, 7) is 7.08. The molecule has 0 bridgehead atoms. The van der Waals surface area contributed by atoms with Crippen LogP contribution in [0.1, 0.15) is 12.5 Å². The highest BCUT2D eigenvalue weighted by Gasteiger charge is 2.41. The van der Waals surface area contributed by atoms with Crippen LogP contribution in [-0.4, -0.2) is 40.4 Å². The molecule has 2 aliphatic rings. The average molecular weight is 220 g/mol. The molecule has 1 N–H and O–H groups in total. The van der Waals surface area contributed by atoms with Crippen molar-refractivity contribution in [2.75, 3.05) is 19.6 Å². The van der Waals surface area contributed by atoms with E-state index >= 15 is 0 Å². The number of aryl methyl sites for hydroxylation is 1. The first kappa shape index (κ1) is 10.3. The maximum Gasteiger partial charge on any atom is 0.0534 e. The molecule has 0 spiro atoms. The number of nitrogens with one attached hydrogen (secondary N) is 1. The highest BCUT2D eigenvalue weighted by Crippen LogP contribution is 2.33. The molecule has 1 aromatic heterocycles. The monoisotopic (exact) mass is 220 g/mol. The van der Waals surface area contributed by atoms with Gasteiger partial charge in [0.2, 0.25) is 0 Å². The zero-order chi connectivity index (χ0) is 11.1. The average Bonchev–Trinajstić information content (AvgIpc) is 2.90. The summed E-state index contributed by atoms with van der Waals surface area (Å²) in [4.78, 5) is 2.60. The zero-order valence-electron chi connectivity index (χ0n) is 10.1. The molecule has 0 aromatic carbocycles. The molecule has 0 radical (unpaired) electrons. The van der Waals surface area contributed by atoms with Crippen LogP contribution >= 0.6 is 0 Å². The number of aromatic nitrogens is 2. The maximum absolute atomic E-state index is 4.23. The Bertz CT molecular complexity index is 373. The van der Waals surface area contributed by atoms with Gasteiger partial charge in [0.25, 0.3) is 0 Å². The maximum atomic E-state index is 4.23. The van der Waals surface area contributed by atoms with Gasteiger partial charge in [0.1, 0.15) is 0 Å². The molecule has 2 fully saturated rings. The van der Waals surface area contributed by atoms with Crippen molar-refractivity contribution >= 4 is 0 Å². The standard InChI is InChI=1S/C12H20N4/c1-9-12-5-13-4-11(12)8-16(9)7-10-3-14-15(2)6-10/h3,6,9,11-13H,4-5,7-8H2,1-2H3. The summed E-state index contributed by atoms with van der Waals surface area (Å²) in [5, 5.41) is 7.73. The molecule has 3 atom stereocenters. The number of hydrogen-bond donors (Lipinski definition) is 1. The van der Waals surface area contributed by atoms with Crippen LogP contribution in [0.25, 0.3) is 0 Å². The molecular weight excluding hydrogens is 200 g/mol. The van der Waals surface area contributed by atoms with E-state index in [9.17, 15) is 0 Å². The van der Waals surface area contributed by atoms with Gasteiger partial charge in [0.15, 0.2) is 0 Å². The van der Waals surface area contributed by atoms with E-state index in [-0.39, 0.29) is 0 Å². The molecule has 4 heteroatoms. The Morgan fingerprint density at radius 3 is 3.06 bits per heavy atom. The van der Waals surface area contributed by atoms with Crippen molar-refractivity contribution in [3.05, 3.63) is 18.0 Å². The summed E-state index contributed by atoms with van der Waals surface area (Å²) in [7, 11) is 1.98. The van der Waals surface area contributed by atoms with E-state index in [2.05, 4.69) is 28.4 Å². The van der Waals surface area contributed by atoms with E-state index in [1.54, 1.807) is 0 Å². The van der Waals surface area contributed by atoms with Crippen LogP contribution in [0.2, 0.25) is 0 Å². The fourth-order valence-corrected chi connectivity index (χ4v) is 3.25. The summed E-state index contributed by atoms with van der Waals surface area (Å²) < 4.78 is 1.89. The van der Waals surface area contributed by atoms with Gasteiger partial charge in [-0.05, 0) is 31.8 Å². The third kappa shape index (κ3) is 1.66. The first-order valence-electron chi connectivity index (χ1n) is 6.16. The van der Waals surface area contributed by atoms with Crippen LogP contribution in [0.5, 0.6) is 0 Å². The van der Waals surface area contributed by atoms with E-state index in [0.29, 0.717) is 6.04 Å². The van der Waals surface area contributed by atoms with Gasteiger partial charge in [-0.1, -0.05) is 0 Å². The van der Waals surface area contributed by atoms with Crippen LogP contribution in [0.3, 0.4) is 0 Å². The number of likely N-dealkylation sites (tertiary alicyclic amines) is 1. The number of rotatable bonds is 2. The Kier molecular flexibility index (Phi) is 2.48. The van der Waals surface area contributed by atoms with Gasteiger partial charge in [-0.2, -0.15) is 5.10 Å². The molecule has 4 nitrogen and oxygen atoms in total. The molecular formula is C12H20N4. The lowest BCUT2D eigenvalue weighted by Crippen LogP contribution is -2.32. The van der Waals surface area contributed by atoms with Gasteiger partial charge in [0, 0.05) is 37.9 Å². The van der Waals surface area contributed by atoms with Crippen molar-refractivity contribution in [1.82, 2.24) is 20.0 Å². The minimum atomic E-state index is 0.709. The molecule has 0 aliphatic carbocycles. The lowest BCUT2D eigenvalue weighted by atomic mass is 9.95. The van der Waals surface area contributed by atoms with Gasteiger partial charge in [0.05, 0.1) is 6.20 Å².